The number of carbonyl (C=O) groups excluding carboxylic acids is 2. The standard InChI is InChI=1S/C9H13N3O4/c1-12-5-6(10-11-12)4-7(8(13)15-2)9(14)16-3/h5,7H,4H2,1-3H3. The van der Waals surface area contributed by atoms with Crippen molar-refractivity contribution in [3.63, 3.8) is 0 Å². The van der Waals surface area contributed by atoms with Crippen molar-refractivity contribution in [3.05, 3.63) is 11.9 Å². The van der Waals surface area contributed by atoms with Gasteiger partial charge in [-0.1, -0.05) is 5.21 Å². The van der Waals surface area contributed by atoms with Crippen LogP contribution in [-0.2, 0) is 32.5 Å². The van der Waals surface area contributed by atoms with E-state index >= 15 is 0 Å². The number of hydrogen-bond acceptors (Lipinski definition) is 6. The first-order valence-corrected chi connectivity index (χ1v) is 4.59. The van der Waals surface area contributed by atoms with Crippen LogP contribution in [0.2, 0.25) is 0 Å². The van der Waals surface area contributed by atoms with Crippen molar-refractivity contribution in [2.24, 2.45) is 13.0 Å². The minimum atomic E-state index is -0.994. The van der Waals surface area contributed by atoms with Gasteiger partial charge in [-0.3, -0.25) is 14.3 Å². The van der Waals surface area contributed by atoms with Gasteiger partial charge >= 0.3 is 11.9 Å². The molecule has 1 aromatic rings. The first-order chi connectivity index (χ1) is 7.58. The second-order valence-electron chi connectivity index (χ2n) is 3.19. The molecule has 0 radical (unpaired) electrons. The van der Waals surface area contributed by atoms with Gasteiger partial charge in [-0.2, -0.15) is 0 Å². The molecule has 1 rings (SSSR count). The van der Waals surface area contributed by atoms with Gasteiger partial charge in [0.15, 0.2) is 5.92 Å². The number of ether oxygens (including phenoxy) is 2. The number of nitrogens with zero attached hydrogens (tertiary/aromatic N) is 3. The maximum absolute atomic E-state index is 11.3. The molecule has 0 aliphatic rings. The monoisotopic (exact) mass is 227 g/mol. The van der Waals surface area contributed by atoms with Gasteiger partial charge in [-0.05, 0) is 0 Å². The Labute approximate surface area is 92.3 Å². The highest BCUT2D eigenvalue weighted by molar-refractivity contribution is 5.95. The molecular weight excluding hydrogens is 214 g/mol. The predicted molar refractivity (Wildman–Crippen MR) is 52.2 cm³/mol. The molecule has 0 aliphatic heterocycles. The van der Waals surface area contributed by atoms with Crippen molar-refractivity contribution in [2.75, 3.05) is 14.2 Å². The highest BCUT2D eigenvalue weighted by Gasteiger charge is 2.29. The van der Waals surface area contributed by atoms with E-state index in [1.807, 2.05) is 0 Å². The molecule has 1 heterocycles. The van der Waals surface area contributed by atoms with E-state index < -0.39 is 17.9 Å². The minimum absolute atomic E-state index is 0.118. The average molecular weight is 227 g/mol. The van der Waals surface area contributed by atoms with Crippen LogP contribution >= 0.6 is 0 Å². The average Bonchev–Trinajstić information content (AvgIpc) is 2.69. The molecule has 0 amide bonds. The molecule has 0 unspecified atom stereocenters. The highest BCUT2D eigenvalue weighted by Crippen LogP contribution is 2.09. The molecule has 0 N–H and O–H groups in total. The van der Waals surface area contributed by atoms with Gasteiger partial charge in [0.1, 0.15) is 0 Å². The molecule has 7 heteroatoms. The molecule has 0 aromatic carbocycles. The van der Waals surface area contributed by atoms with Gasteiger partial charge in [0.25, 0.3) is 0 Å². The summed E-state index contributed by atoms with van der Waals surface area (Å²) in [4.78, 5) is 22.7. The lowest BCUT2D eigenvalue weighted by molar-refractivity contribution is -0.158. The van der Waals surface area contributed by atoms with E-state index in [0.29, 0.717) is 5.69 Å². The fourth-order valence-corrected chi connectivity index (χ4v) is 1.25. The summed E-state index contributed by atoms with van der Waals surface area (Å²) >= 11 is 0. The molecule has 0 atom stereocenters. The lowest BCUT2D eigenvalue weighted by Gasteiger charge is -2.10. The van der Waals surface area contributed by atoms with E-state index in [1.54, 1.807) is 13.2 Å². The van der Waals surface area contributed by atoms with E-state index in [2.05, 4.69) is 19.8 Å². The first kappa shape index (κ1) is 12.2. The summed E-state index contributed by atoms with van der Waals surface area (Å²) in [6, 6.07) is 0. The number of aromatic nitrogens is 3. The summed E-state index contributed by atoms with van der Waals surface area (Å²) in [7, 11) is 4.13. The van der Waals surface area contributed by atoms with E-state index in [-0.39, 0.29) is 6.42 Å². The third-order valence-electron chi connectivity index (χ3n) is 2.03. The van der Waals surface area contributed by atoms with Crippen molar-refractivity contribution in [1.29, 1.82) is 0 Å². The van der Waals surface area contributed by atoms with Gasteiger partial charge in [-0.15, -0.1) is 5.10 Å². The molecule has 0 aliphatic carbocycles. The SMILES string of the molecule is COC(=O)C(Cc1cn(C)nn1)C(=O)OC. The second-order valence-corrected chi connectivity index (χ2v) is 3.19. The first-order valence-electron chi connectivity index (χ1n) is 4.59. The summed E-state index contributed by atoms with van der Waals surface area (Å²) < 4.78 is 10.5. The molecule has 0 saturated heterocycles. The molecule has 16 heavy (non-hydrogen) atoms. The van der Waals surface area contributed by atoms with Crippen LogP contribution in [0, 0.1) is 5.92 Å². The summed E-state index contributed by atoms with van der Waals surface area (Å²) in [5.41, 5.74) is 0.531. The van der Waals surface area contributed by atoms with E-state index in [0.717, 1.165) is 0 Å². The molecule has 0 bridgehead atoms. The van der Waals surface area contributed by atoms with Crippen LogP contribution < -0.4 is 0 Å². The van der Waals surface area contributed by atoms with Gasteiger partial charge < -0.3 is 9.47 Å². The molecule has 0 fully saturated rings. The zero-order valence-corrected chi connectivity index (χ0v) is 9.34. The smallest absolute Gasteiger partial charge is 0.320 e. The molecule has 7 nitrogen and oxygen atoms in total. The lowest BCUT2D eigenvalue weighted by atomic mass is 10.0. The van der Waals surface area contributed by atoms with Crippen molar-refractivity contribution in [2.45, 2.75) is 6.42 Å². The van der Waals surface area contributed by atoms with Crippen molar-refractivity contribution < 1.29 is 19.1 Å². The Kier molecular flexibility index (Phi) is 3.98. The zero-order chi connectivity index (χ0) is 12.1. The van der Waals surface area contributed by atoms with Crippen LogP contribution in [0.5, 0.6) is 0 Å². The third kappa shape index (κ3) is 2.78. The summed E-state index contributed by atoms with van der Waals surface area (Å²) in [6.07, 6.45) is 1.74. The number of esters is 2. The highest BCUT2D eigenvalue weighted by atomic mass is 16.5. The number of methoxy groups -OCH3 is 2. The molecule has 0 spiro atoms. The summed E-state index contributed by atoms with van der Waals surface area (Å²) in [6.45, 7) is 0. The second kappa shape index (κ2) is 5.24. The molecule has 0 saturated carbocycles. The number of carbonyl (C=O) groups is 2. The largest absolute Gasteiger partial charge is 0.468 e. The zero-order valence-electron chi connectivity index (χ0n) is 9.34. The third-order valence-corrected chi connectivity index (χ3v) is 2.03. The van der Waals surface area contributed by atoms with Gasteiger partial charge in [0.05, 0.1) is 19.9 Å². The molecule has 88 valence electrons. The lowest BCUT2D eigenvalue weighted by Crippen LogP contribution is -2.28. The Morgan fingerprint density at radius 2 is 1.94 bits per heavy atom. The van der Waals surface area contributed by atoms with Crippen LogP contribution in [-0.4, -0.2) is 41.2 Å². The fraction of sp³-hybridized carbons (Fsp3) is 0.556. The van der Waals surface area contributed by atoms with E-state index in [9.17, 15) is 9.59 Å². The quantitative estimate of drug-likeness (QED) is 0.500. The predicted octanol–water partition coefficient (Wildman–Crippen LogP) is -0.680. The number of rotatable bonds is 4. The van der Waals surface area contributed by atoms with Crippen molar-refractivity contribution in [1.82, 2.24) is 15.0 Å². The Bertz CT molecular complexity index is 372. The number of hydrogen-bond donors (Lipinski definition) is 0. The fourth-order valence-electron chi connectivity index (χ4n) is 1.25. The summed E-state index contributed by atoms with van der Waals surface area (Å²) in [5, 5.41) is 7.49. The maximum Gasteiger partial charge on any atom is 0.320 e. The van der Waals surface area contributed by atoms with Gasteiger partial charge in [0, 0.05) is 19.7 Å². The van der Waals surface area contributed by atoms with E-state index in [1.165, 1.54) is 18.9 Å². The van der Waals surface area contributed by atoms with Crippen LogP contribution in [0.3, 0.4) is 0 Å². The minimum Gasteiger partial charge on any atom is -0.468 e. The summed E-state index contributed by atoms with van der Waals surface area (Å²) in [5.74, 6) is -2.28. The van der Waals surface area contributed by atoms with Crippen LogP contribution in [0.25, 0.3) is 0 Å². The van der Waals surface area contributed by atoms with E-state index in [4.69, 9.17) is 0 Å². The normalized spacial score (nSPS) is 10.2. The Morgan fingerprint density at radius 1 is 1.38 bits per heavy atom. The number of aryl methyl sites for hydroxylation is 1. The Morgan fingerprint density at radius 3 is 2.31 bits per heavy atom. The van der Waals surface area contributed by atoms with Crippen molar-refractivity contribution >= 4 is 11.9 Å². The van der Waals surface area contributed by atoms with Crippen LogP contribution in [0.1, 0.15) is 5.69 Å². The Balaban J connectivity index is 2.78. The maximum atomic E-state index is 11.3. The van der Waals surface area contributed by atoms with Gasteiger partial charge in [-0.25, -0.2) is 0 Å². The Hall–Kier alpha value is -1.92. The van der Waals surface area contributed by atoms with Crippen LogP contribution in [0.4, 0.5) is 0 Å². The molecule has 1 aromatic heterocycles. The topological polar surface area (TPSA) is 83.3 Å². The van der Waals surface area contributed by atoms with Gasteiger partial charge in [0.2, 0.25) is 0 Å². The van der Waals surface area contributed by atoms with Crippen LogP contribution in [0.15, 0.2) is 6.20 Å². The van der Waals surface area contributed by atoms with Crippen molar-refractivity contribution in [3.8, 4) is 0 Å². The molecular formula is C9H13N3O4.